The minimum absolute atomic E-state index is 0.0794. The van der Waals surface area contributed by atoms with E-state index < -0.39 is 22.2 Å². The van der Waals surface area contributed by atoms with Crippen LogP contribution >= 0.6 is 0 Å². The summed E-state index contributed by atoms with van der Waals surface area (Å²) >= 11 is 0. The summed E-state index contributed by atoms with van der Waals surface area (Å²) in [5.74, 6) is -2.13. The molecule has 1 aromatic carbocycles. The van der Waals surface area contributed by atoms with Crippen LogP contribution in [0.25, 0.3) is 0 Å². The van der Waals surface area contributed by atoms with Gasteiger partial charge >= 0.3 is 5.69 Å². The van der Waals surface area contributed by atoms with Gasteiger partial charge in [-0.15, -0.1) is 0 Å². The third kappa shape index (κ3) is 2.60. The lowest BCUT2D eigenvalue weighted by Crippen LogP contribution is -2.00. The van der Waals surface area contributed by atoms with Gasteiger partial charge in [-0.3, -0.25) is 10.1 Å². The van der Waals surface area contributed by atoms with Crippen molar-refractivity contribution in [2.24, 2.45) is 5.10 Å². The van der Waals surface area contributed by atoms with E-state index in [1.807, 2.05) is 0 Å². The van der Waals surface area contributed by atoms with Crippen LogP contribution in [-0.4, -0.2) is 20.8 Å². The summed E-state index contributed by atoms with van der Waals surface area (Å²) in [6.45, 7) is 1.69. The van der Waals surface area contributed by atoms with Crippen LogP contribution in [0.15, 0.2) is 23.4 Å². The zero-order valence-electron chi connectivity index (χ0n) is 10.2. The van der Waals surface area contributed by atoms with Crippen molar-refractivity contribution in [1.29, 1.82) is 0 Å². The molecule has 0 amide bonds. The van der Waals surface area contributed by atoms with Crippen LogP contribution < -0.4 is 5.73 Å². The van der Waals surface area contributed by atoms with Crippen LogP contribution in [0.5, 0.6) is 0 Å². The number of benzene rings is 1. The predicted molar refractivity (Wildman–Crippen MR) is 67.4 cm³/mol. The van der Waals surface area contributed by atoms with Gasteiger partial charge in [0.25, 0.3) is 0 Å². The molecule has 1 heterocycles. The Morgan fingerprint density at radius 1 is 1.45 bits per heavy atom. The molecule has 0 bridgehead atoms. The van der Waals surface area contributed by atoms with Gasteiger partial charge in [0.15, 0.2) is 0 Å². The van der Waals surface area contributed by atoms with Gasteiger partial charge < -0.3 is 5.73 Å². The van der Waals surface area contributed by atoms with Crippen LogP contribution in [0.1, 0.15) is 11.3 Å². The normalized spacial score (nSPS) is 11.2. The van der Waals surface area contributed by atoms with Gasteiger partial charge in [-0.2, -0.15) is 9.49 Å². The van der Waals surface area contributed by atoms with E-state index in [2.05, 4.69) is 10.1 Å². The highest BCUT2D eigenvalue weighted by atomic mass is 19.1. The Morgan fingerprint density at radius 2 is 2.15 bits per heavy atom. The Hall–Kier alpha value is -2.84. The molecule has 0 aliphatic rings. The van der Waals surface area contributed by atoms with E-state index in [1.54, 1.807) is 6.92 Å². The third-order valence-corrected chi connectivity index (χ3v) is 2.42. The van der Waals surface area contributed by atoms with Crippen LogP contribution in [0.3, 0.4) is 0 Å². The number of aromatic nitrogens is 2. The maximum Gasteiger partial charge on any atom is 0.305 e. The first-order valence-corrected chi connectivity index (χ1v) is 5.37. The van der Waals surface area contributed by atoms with Crippen LogP contribution in [0, 0.1) is 28.7 Å². The molecule has 0 atom stereocenters. The number of hydrogen-bond donors (Lipinski definition) is 1. The molecule has 0 fully saturated rings. The van der Waals surface area contributed by atoms with Crippen LogP contribution in [-0.2, 0) is 0 Å². The summed E-state index contributed by atoms with van der Waals surface area (Å²) in [5.41, 5.74) is 5.06. The molecule has 0 saturated carbocycles. The lowest BCUT2D eigenvalue weighted by molar-refractivity contribution is -0.387. The average Bonchev–Trinajstić information content (AvgIpc) is 2.66. The predicted octanol–water partition coefficient (Wildman–Crippen LogP) is 1.84. The number of imidazole rings is 1. The molecule has 9 heteroatoms. The maximum absolute atomic E-state index is 13.5. The molecular formula is C11H9F2N5O2. The number of nitrogens with zero attached hydrogens (tertiary/aromatic N) is 4. The van der Waals surface area contributed by atoms with E-state index in [0.29, 0.717) is 11.8 Å². The molecule has 2 rings (SSSR count). The van der Waals surface area contributed by atoms with Gasteiger partial charge in [0, 0.05) is 17.7 Å². The fourth-order valence-corrected chi connectivity index (χ4v) is 1.51. The molecular weight excluding hydrogens is 272 g/mol. The number of nitrogens with two attached hydrogens (primary N) is 1. The van der Waals surface area contributed by atoms with Crippen molar-refractivity contribution in [2.45, 2.75) is 6.92 Å². The smallest absolute Gasteiger partial charge is 0.305 e. The molecule has 0 radical (unpaired) electrons. The quantitative estimate of drug-likeness (QED) is 0.527. The summed E-state index contributed by atoms with van der Waals surface area (Å²) in [4.78, 5) is 13.5. The molecule has 0 aliphatic carbocycles. The second kappa shape index (κ2) is 5.03. The minimum atomic E-state index is -1.25. The number of halogens is 2. The maximum atomic E-state index is 13.5. The summed E-state index contributed by atoms with van der Waals surface area (Å²) in [6.07, 6.45) is 2.49. The van der Waals surface area contributed by atoms with Crippen molar-refractivity contribution in [3.8, 4) is 0 Å². The van der Waals surface area contributed by atoms with Crippen molar-refractivity contribution in [1.82, 2.24) is 9.66 Å². The molecule has 7 nitrogen and oxygen atoms in total. The monoisotopic (exact) mass is 281 g/mol. The lowest BCUT2D eigenvalue weighted by Gasteiger charge is -1.99. The van der Waals surface area contributed by atoms with Gasteiger partial charge in [-0.25, -0.2) is 14.1 Å². The number of nitrogen functional groups attached to an aromatic ring is 1. The fourth-order valence-electron chi connectivity index (χ4n) is 1.51. The first-order valence-electron chi connectivity index (χ1n) is 5.37. The van der Waals surface area contributed by atoms with Crippen molar-refractivity contribution >= 4 is 17.9 Å². The van der Waals surface area contributed by atoms with Gasteiger partial charge in [0.1, 0.15) is 5.82 Å². The van der Waals surface area contributed by atoms with E-state index >= 15 is 0 Å². The second-order valence-corrected chi connectivity index (χ2v) is 3.91. The number of nitro benzene ring substituents is 1. The standard InChI is InChI=1S/C11H9F2N5O2/c1-6-5-17(11(14)16-6)15-4-7-2-10(18(19)20)9(13)3-8(7)12/h2-5H,1H3,(H2,14,16). The largest absolute Gasteiger partial charge is 0.368 e. The molecule has 1 aromatic heterocycles. The second-order valence-electron chi connectivity index (χ2n) is 3.91. The summed E-state index contributed by atoms with van der Waals surface area (Å²) in [7, 11) is 0. The molecule has 0 spiro atoms. The van der Waals surface area contributed by atoms with Gasteiger partial charge in [-0.05, 0) is 6.92 Å². The number of hydrogen-bond acceptors (Lipinski definition) is 5. The first kappa shape index (κ1) is 13.6. The number of anilines is 1. The Balaban J connectivity index is 2.41. The fraction of sp³-hybridized carbons (Fsp3) is 0.0909. The zero-order chi connectivity index (χ0) is 14.9. The highest BCUT2D eigenvalue weighted by Gasteiger charge is 2.17. The number of aryl methyl sites for hydroxylation is 1. The molecule has 0 saturated heterocycles. The first-order chi connectivity index (χ1) is 9.38. The van der Waals surface area contributed by atoms with E-state index in [-0.39, 0.29) is 11.5 Å². The van der Waals surface area contributed by atoms with Crippen molar-refractivity contribution in [2.75, 3.05) is 5.73 Å². The summed E-state index contributed by atoms with van der Waals surface area (Å²) in [5, 5.41) is 14.4. The topological polar surface area (TPSA) is 99.3 Å². The molecule has 0 aliphatic heterocycles. The molecule has 104 valence electrons. The van der Waals surface area contributed by atoms with Crippen molar-refractivity contribution in [3.05, 3.63) is 51.3 Å². The van der Waals surface area contributed by atoms with Crippen LogP contribution in [0.2, 0.25) is 0 Å². The Kier molecular flexibility index (Phi) is 3.42. The third-order valence-electron chi connectivity index (χ3n) is 2.42. The SMILES string of the molecule is Cc1cn(N=Cc2cc([N+](=O)[O-])c(F)cc2F)c(N)n1. The van der Waals surface area contributed by atoms with Crippen LogP contribution in [0.4, 0.5) is 20.4 Å². The zero-order valence-corrected chi connectivity index (χ0v) is 10.2. The molecule has 2 aromatic rings. The summed E-state index contributed by atoms with van der Waals surface area (Å²) < 4.78 is 27.8. The van der Waals surface area contributed by atoms with Gasteiger partial charge in [0.2, 0.25) is 11.8 Å². The van der Waals surface area contributed by atoms with Gasteiger partial charge in [0.05, 0.1) is 23.0 Å². The van der Waals surface area contributed by atoms with Crippen molar-refractivity contribution < 1.29 is 13.7 Å². The Labute approximate surface area is 111 Å². The minimum Gasteiger partial charge on any atom is -0.368 e. The Morgan fingerprint density at radius 3 is 2.70 bits per heavy atom. The Bertz CT molecular complexity index is 711. The van der Waals surface area contributed by atoms with E-state index in [0.717, 1.165) is 12.3 Å². The molecule has 2 N–H and O–H groups in total. The van der Waals surface area contributed by atoms with E-state index in [9.17, 15) is 18.9 Å². The van der Waals surface area contributed by atoms with E-state index in [4.69, 9.17) is 5.73 Å². The molecule has 20 heavy (non-hydrogen) atoms. The highest BCUT2D eigenvalue weighted by Crippen LogP contribution is 2.20. The highest BCUT2D eigenvalue weighted by molar-refractivity contribution is 5.81. The molecule has 0 unspecified atom stereocenters. The van der Waals surface area contributed by atoms with E-state index in [1.165, 1.54) is 10.9 Å². The average molecular weight is 281 g/mol. The van der Waals surface area contributed by atoms with Crippen molar-refractivity contribution in [3.63, 3.8) is 0 Å². The number of nitro groups is 1. The number of rotatable bonds is 3. The van der Waals surface area contributed by atoms with Gasteiger partial charge in [-0.1, -0.05) is 0 Å². The lowest BCUT2D eigenvalue weighted by atomic mass is 10.2. The summed E-state index contributed by atoms with van der Waals surface area (Å²) in [6, 6.07) is 1.19.